The van der Waals surface area contributed by atoms with E-state index < -0.39 is 0 Å². The van der Waals surface area contributed by atoms with Gasteiger partial charge < -0.3 is 10.6 Å². The molecule has 0 spiro atoms. The summed E-state index contributed by atoms with van der Waals surface area (Å²) in [5, 5.41) is 0.841. The average Bonchev–Trinajstić information content (AvgIpc) is 2.45. The van der Waals surface area contributed by atoms with Crippen molar-refractivity contribution in [3.8, 4) is 0 Å². The Hall–Kier alpha value is -0.610. The van der Waals surface area contributed by atoms with E-state index in [1.54, 1.807) is 0 Å². The summed E-state index contributed by atoms with van der Waals surface area (Å²) in [6, 6.07) is 6.65. The molecule has 0 amide bonds. The van der Waals surface area contributed by atoms with E-state index >= 15 is 0 Å². The second-order valence-electron chi connectivity index (χ2n) is 6.50. The lowest BCUT2D eigenvalue weighted by Crippen LogP contribution is -2.41. The monoisotopic (exact) mass is 309 g/mol. The number of nitrogens with zero attached hydrogens (tertiary/aromatic N) is 2. The highest BCUT2D eigenvalue weighted by Crippen LogP contribution is 2.29. The number of halogens is 1. The zero-order valence-corrected chi connectivity index (χ0v) is 14.2. The van der Waals surface area contributed by atoms with Gasteiger partial charge in [-0.15, -0.1) is 0 Å². The minimum absolute atomic E-state index is 0.295. The van der Waals surface area contributed by atoms with Gasteiger partial charge in [0.05, 0.1) is 0 Å². The van der Waals surface area contributed by atoms with Crippen LogP contribution in [0.15, 0.2) is 18.2 Å². The third-order valence-corrected chi connectivity index (χ3v) is 4.92. The van der Waals surface area contributed by atoms with Crippen molar-refractivity contribution in [3.63, 3.8) is 0 Å². The van der Waals surface area contributed by atoms with Gasteiger partial charge in [-0.1, -0.05) is 23.7 Å². The molecule has 1 aliphatic heterocycles. The molecule has 1 saturated heterocycles. The van der Waals surface area contributed by atoms with Crippen LogP contribution in [-0.4, -0.2) is 50.1 Å². The molecular weight excluding hydrogens is 282 g/mol. The maximum absolute atomic E-state index is 6.27. The van der Waals surface area contributed by atoms with Crippen LogP contribution in [0.2, 0.25) is 5.02 Å². The Balaban J connectivity index is 2.00. The fourth-order valence-corrected chi connectivity index (χ4v) is 3.46. The molecule has 1 aromatic rings. The predicted octanol–water partition coefficient (Wildman–Crippen LogP) is 2.92. The lowest BCUT2D eigenvalue weighted by atomic mass is 9.93. The normalized spacial score (nSPS) is 19.1. The summed E-state index contributed by atoms with van der Waals surface area (Å²) in [6.07, 6.45) is 2.52. The molecule has 118 valence electrons. The van der Waals surface area contributed by atoms with Crippen molar-refractivity contribution in [1.82, 2.24) is 9.80 Å². The number of benzene rings is 1. The van der Waals surface area contributed by atoms with Gasteiger partial charge in [0.2, 0.25) is 0 Å². The molecule has 1 aromatic carbocycles. The highest BCUT2D eigenvalue weighted by Gasteiger charge is 2.25. The van der Waals surface area contributed by atoms with Crippen molar-refractivity contribution in [2.75, 3.05) is 40.3 Å². The Morgan fingerprint density at radius 3 is 2.52 bits per heavy atom. The highest BCUT2D eigenvalue weighted by atomic mass is 35.5. The van der Waals surface area contributed by atoms with Crippen molar-refractivity contribution in [2.24, 2.45) is 11.7 Å². The van der Waals surface area contributed by atoms with E-state index in [1.807, 2.05) is 6.92 Å². The van der Waals surface area contributed by atoms with Crippen molar-refractivity contribution >= 4 is 11.6 Å². The topological polar surface area (TPSA) is 32.5 Å². The summed E-state index contributed by atoms with van der Waals surface area (Å²) >= 11 is 6.27. The summed E-state index contributed by atoms with van der Waals surface area (Å²) in [6.45, 7) is 6.14. The Labute approximate surface area is 134 Å². The summed E-state index contributed by atoms with van der Waals surface area (Å²) in [5.74, 6) is 0.816. The summed E-state index contributed by atoms with van der Waals surface area (Å²) in [5.41, 5.74) is 8.42. The Morgan fingerprint density at radius 1 is 1.33 bits per heavy atom. The predicted molar refractivity (Wildman–Crippen MR) is 90.8 cm³/mol. The SMILES string of the molecule is Cc1ccc(C(CN)N2CCC(CN(C)C)CC2)cc1Cl. The van der Waals surface area contributed by atoms with Gasteiger partial charge in [0.1, 0.15) is 0 Å². The lowest BCUT2D eigenvalue weighted by molar-refractivity contribution is 0.122. The van der Waals surface area contributed by atoms with E-state index in [-0.39, 0.29) is 0 Å². The van der Waals surface area contributed by atoms with Crippen LogP contribution < -0.4 is 5.73 Å². The van der Waals surface area contributed by atoms with Gasteiger partial charge in [-0.2, -0.15) is 0 Å². The summed E-state index contributed by atoms with van der Waals surface area (Å²) in [7, 11) is 4.31. The van der Waals surface area contributed by atoms with E-state index in [4.69, 9.17) is 17.3 Å². The first-order valence-corrected chi connectivity index (χ1v) is 8.24. The minimum Gasteiger partial charge on any atom is -0.329 e. The maximum atomic E-state index is 6.27. The van der Waals surface area contributed by atoms with Crippen LogP contribution >= 0.6 is 11.6 Å². The zero-order chi connectivity index (χ0) is 15.4. The van der Waals surface area contributed by atoms with Gasteiger partial charge in [0, 0.05) is 24.2 Å². The smallest absolute Gasteiger partial charge is 0.0470 e. The molecular formula is C17H28ClN3. The summed E-state index contributed by atoms with van der Waals surface area (Å²) in [4.78, 5) is 4.81. The van der Waals surface area contributed by atoms with E-state index in [0.29, 0.717) is 12.6 Å². The van der Waals surface area contributed by atoms with Crippen molar-refractivity contribution in [1.29, 1.82) is 0 Å². The largest absolute Gasteiger partial charge is 0.329 e. The average molecular weight is 310 g/mol. The number of aryl methyl sites for hydroxylation is 1. The van der Waals surface area contributed by atoms with Gasteiger partial charge in [0.15, 0.2) is 0 Å². The van der Waals surface area contributed by atoms with Crippen LogP contribution in [0.1, 0.15) is 30.0 Å². The van der Waals surface area contributed by atoms with Crippen LogP contribution in [0.4, 0.5) is 0 Å². The third-order valence-electron chi connectivity index (χ3n) is 4.52. The lowest BCUT2D eigenvalue weighted by Gasteiger charge is -2.38. The number of piperidine rings is 1. The molecule has 0 radical (unpaired) electrons. The standard InChI is InChI=1S/C17H28ClN3/c1-13-4-5-15(10-16(13)18)17(11-19)21-8-6-14(7-9-21)12-20(2)3/h4-5,10,14,17H,6-9,11-12,19H2,1-3H3. The first-order valence-electron chi connectivity index (χ1n) is 7.86. The van der Waals surface area contributed by atoms with Crippen molar-refractivity contribution in [3.05, 3.63) is 34.3 Å². The van der Waals surface area contributed by atoms with Gasteiger partial charge >= 0.3 is 0 Å². The third kappa shape index (κ3) is 4.43. The molecule has 0 bridgehead atoms. The molecule has 2 N–H and O–H groups in total. The Bertz CT molecular complexity index is 453. The van der Waals surface area contributed by atoms with Gasteiger partial charge in [-0.25, -0.2) is 0 Å². The molecule has 1 fully saturated rings. The number of rotatable bonds is 5. The van der Waals surface area contributed by atoms with Gasteiger partial charge in [-0.05, 0) is 70.1 Å². The number of likely N-dealkylation sites (tertiary alicyclic amines) is 1. The minimum atomic E-state index is 0.295. The fraction of sp³-hybridized carbons (Fsp3) is 0.647. The molecule has 4 heteroatoms. The second kappa shape index (κ2) is 7.59. The zero-order valence-electron chi connectivity index (χ0n) is 13.5. The molecule has 1 heterocycles. The molecule has 2 rings (SSSR count). The number of hydrogen-bond acceptors (Lipinski definition) is 3. The molecule has 0 saturated carbocycles. The van der Waals surface area contributed by atoms with E-state index in [0.717, 1.165) is 29.6 Å². The number of nitrogens with two attached hydrogens (primary N) is 1. The molecule has 1 unspecified atom stereocenters. The van der Waals surface area contributed by atoms with Gasteiger partial charge in [-0.3, -0.25) is 4.90 Å². The van der Waals surface area contributed by atoms with Crippen molar-refractivity contribution < 1.29 is 0 Å². The number of hydrogen-bond donors (Lipinski definition) is 1. The molecule has 1 atom stereocenters. The molecule has 1 aliphatic rings. The van der Waals surface area contributed by atoms with E-state index in [9.17, 15) is 0 Å². The van der Waals surface area contributed by atoms with Crippen LogP contribution in [0.5, 0.6) is 0 Å². The van der Waals surface area contributed by atoms with Crippen LogP contribution in [0.3, 0.4) is 0 Å². The highest BCUT2D eigenvalue weighted by molar-refractivity contribution is 6.31. The van der Waals surface area contributed by atoms with Crippen molar-refractivity contribution in [2.45, 2.75) is 25.8 Å². The van der Waals surface area contributed by atoms with E-state index in [2.05, 4.69) is 42.1 Å². The first-order chi connectivity index (χ1) is 10.0. The Kier molecular flexibility index (Phi) is 6.06. The van der Waals surface area contributed by atoms with Crippen LogP contribution in [0.25, 0.3) is 0 Å². The molecule has 21 heavy (non-hydrogen) atoms. The maximum Gasteiger partial charge on any atom is 0.0470 e. The quantitative estimate of drug-likeness (QED) is 0.907. The molecule has 3 nitrogen and oxygen atoms in total. The van der Waals surface area contributed by atoms with Gasteiger partial charge in [0.25, 0.3) is 0 Å². The fourth-order valence-electron chi connectivity index (χ4n) is 3.28. The Morgan fingerprint density at radius 2 is 2.00 bits per heavy atom. The van der Waals surface area contributed by atoms with Crippen LogP contribution in [0, 0.1) is 12.8 Å². The van der Waals surface area contributed by atoms with E-state index in [1.165, 1.54) is 24.9 Å². The molecule has 0 aromatic heterocycles. The second-order valence-corrected chi connectivity index (χ2v) is 6.91. The molecule has 0 aliphatic carbocycles. The van der Waals surface area contributed by atoms with Crippen LogP contribution in [-0.2, 0) is 0 Å². The summed E-state index contributed by atoms with van der Waals surface area (Å²) < 4.78 is 0. The first kappa shape index (κ1) is 16.8.